The Labute approximate surface area is 103 Å². The molecule has 0 radical (unpaired) electrons. The Balaban J connectivity index is 2.62. The average Bonchev–Trinajstić information content (AvgIpc) is 2.22. The summed E-state index contributed by atoms with van der Waals surface area (Å²) in [7, 11) is 0. The average molecular weight is 239 g/mol. The second-order valence-electron chi connectivity index (χ2n) is 4.92. The van der Waals surface area contributed by atoms with Crippen LogP contribution in [0.5, 0.6) is 0 Å². The van der Waals surface area contributed by atoms with Crippen molar-refractivity contribution in [2.75, 3.05) is 13.1 Å². The predicted molar refractivity (Wildman–Crippen MR) is 68.6 cm³/mol. The first-order valence-corrected chi connectivity index (χ1v) is 6.13. The summed E-state index contributed by atoms with van der Waals surface area (Å²) in [6.07, 6.45) is 1.58. The van der Waals surface area contributed by atoms with E-state index < -0.39 is 5.60 Å². The molecule has 2 nitrogen and oxygen atoms in total. The zero-order valence-corrected chi connectivity index (χ0v) is 10.9. The standard InChI is InChI=1S/C14H22FNO/c1-4-7-16-10-14(3,17)9-12-5-6-13(15)8-11(12)2/h5-6,8,16-17H,4,7,9-10H2,1-3H3. The molecule has 1 unspecified atom stereocenters. The van der Waals surface area contributed by atoms with Crippen LogP contribution in [0.4, 0.5) is 4.39 Å². The summed E-state index contributed by atoms with van der Waals surface area (Å²) in [6, 6.07) is 4.70. The molecule has 0 heterocycles. The molecular weight excluding hydrogens is 217 g/mol. The van der Waals surface area contributed by atoms with Gasteiger partial charge in [-0.3, -0.25) is 0 Å². The maximum absolute atomic E-state index is 13.0. The minimum Gasteiger partial charge on any atom is -0.389 e. The second-order valence-corrected chi connectivity index (χ2v) is 4.92. The second kappa shape index (κ2) is 6.12. The van der Waals surface area contributed by atoms with Crippen LogP contribution in [0.1, 0.15) is 31.4 Å². The largest absolute Gasteiger partial charge is 0.389 e. The van der Waals surface area contributed by atoms with Crippen LogP contribution in [0.25, 0.3) is 0 Å². The first-order chi connectivity index (χ1) is 7.94. The first kappa shape index (κ1) is 14.1. The van der Waals surface area contributed by atoms with Crippen LogP contribution in [0, 0.1) is 12.7 Å². The van der Waals surface area contributed by atoms with Gasteiger partial charge < -0.3 is 10.4 Å². The van der Waals surface area contributed by atoms with Gasteiger partial charge in [0, 0.05) is 13.0 Å². The number of rotatable bonds is 6. The van der Waals surface area contributed by atoms with E-state index >= 15 is 0 Å². The van der Waals surface area contributed by atoms with Crippen molar-refractivity contribution >= 4 is 0 Å². The number of aryl methyl sites for hydroxylation is 1. The Kier molecular flexibility index (Phi) is 5.09. The molecule has 0 aliphatic rings. The fraction of sp³-hybridized carbons (Fsp3) is 0.571. The lowest BCUT2D eigenvalue weighted by molar-refractivity contribution is 0.0602. The van der Waals surface area contributed by atoms with Crippen molar-refractivity contribution in [1.82, 2.24) is 5.32 Å². The van der Waals surface area contributed by atoms with Crippen LogP contribution in [-0.4, -0.2) is 23.8 Å². The minimum atomic E-state index is -0.794. The molecule has 0 amide bonds. The van der Waals surface area contributed by atoms with Gasteiger partial charge in [-0.15, -0.1) is 0 Å². The van der Waals surface area contributed by atoms with Crippen molar-refractivity contribution in [2.24, 2.45) is 0 Å². The molecule has 3 heteroatoms. The van der Waals surface area contributed by atoms with Crippen LogP contribution in [0.15, 0.2) is 18.2 Å². The van der Waals surface area contributed by atoms with Crippen molar-refractivity contribution in [1.29, 1.82) is 0 Å². The van der Waals surface area contributed by atoms with Gasteiger partial charge in [0.15, 0.2) is 0 Å². The molecule has 2 N–H and O–H groups in total. The highest BCUT2D eigenvalue weighted by Gasteiger charge is 2.21. The number of benzene rings is 1. The molecule has 1 atom stereocenters. The quantitative estimate of drug-likeness (QED) is 0.747. The van der Waals surface area contributed by atoms with Crippen molar-refractivity contribution in [3.8, 4) is 0 Å². The van der Waals surface area contributed by atoms with Crippen molar-refractivity contribution < 1.29 is 9.50 Å². The van der Waals surface area contributed by atoms with Gasteiger partial charge in [0.2, 0.25) is 0 Å². The molecule has 0 fully saturated rings. The van der Waals surface area contributed by atoms with Gasteiger partial charge in [-0.05, 0) is 50.1 Å². The highest BCUT2D eigenvalue weighted by molar-refractivity contribution is 5.27. The molecular formula is C14H22FNO. The van der Waals surface area contributed by atoms with Gasteiger partial charge in [-0.1, -0.05) is 13.0 Å². The third-order valence-electron chi connectivity index (χ3n) is 2.81. The molecule has 1 aromatic carbocycles. The van der Waals surface area contributed by atoms with Crippen LogP contribution in [0.2, 0.25) is 0 Å². The molecule has 0 aliphatic carbocycles. The van der Waals surface area contributed by atoms with Gasteiger partial charge in [0.25, 0.3) is 0 Å². The SMILES string of the molecule is CCCNCC(C)(O)Cc1ccc(F)cc1C. The summed E-state index contributed by atoms with van der Waals surface area (Å²) in [5, 5.41) is 13.4. The molecule has 0 saturated carbocycles. The van der Waals surface area contributed by atoms with E-state index in [1.807, 2.05) is 6.92 Å². The topological polar surface area (TPSA) is 32.3 Å². The highest BCUT2D eigenvalue weighted by atomic mass is 19.1. The van der Waals surface area contributed by atoms with Gasteiger partial charge in [0.1, 0.15) is 5.82 Å². The third-order valence-corrected chi connectivity index (χ3v) is 2.81. The summed E-state index contributed by atoms with van der Waals surface area (Å²) in [4.78, 5) is 0. The zero-order valence-electron chi connectivity index (χ0n) is 10.9. The maximum Gasteiger partial charge on any atom is 0.123 e. The molecule has 0 aromatic heterocycles. The lowest BCUT2D eigenvalue weighted by Gasteiger charge is -2.24. The van der Waals surface area contributed by atoms with E-state index in [4.69, 9.17) is 0 Å². The number of halogens is 1. The fourth-order valence-corrected chi connectivity index (χ4v) is 1.86. The maximum atomic E-state index is 13.0. The molecule has 1 rings (SSSR count). The van der Waals surface area contributed by atoms with Crippen LogP contribution < -0.4 is 5.32 Å². The molecule has 1 aromatic rings. The lowest BCUT2D eigenvalue weighted by Crippen LogP contribution is -2.40. The Morgan fingerprint density at radius 1 is 1.41 bits per heavy atom. The summed E-state index contributed by atoms with van der Waals surface area (Å²) in [5.41, 5.74) is 1.09. The zero-order chi connectivity index (χ0) is 12.9. The number of nitrogens with one attached hydrogen (secondary N) is 1. The number of hydrogen-bond acceptors (Lipinski definition) is 2. The van der Waals surface area contributed by atoms with Gasteiger partial charge in [0.05, 0.1) is 5.60 Å². The summed E-state index contributed by atoms with van der Waals surface area (Å²) in [6.45, 7) is 7.22. The van der Waals surface area contributed by atoms with Crippen LogP contribution in [0.3, 0.4) is 0 Å². The Morgan fingerprint density at radius 3 is 2.71 bits per heavy atom. The van der Waals surface area contributed by atoms with Crippen molar-refractivity contribution in [3.63, 3.8) is 0 Å². The molecule has 17 heavy (non-hydrogen) atoms. The van der Waals surface area contributed by atoms with Crippen molar-refractivity contribution in [3.05, 3.63) is 35.1 Å². The monoisotopic (exact) mass is 239 g/mol. The number of hydrogen-bond donors (Lipinski definition) is 2. The highest BCUT2D eigenvalue weighted by Crippen LogP contribution is 2.17. The first-order valence-electron chi connectivity index (χ1n) is 6.13. The summed E-state index contributed by atoms with van der Waals surface area (Å²) in [5.74, 6) is -0.227. The normalized spacial score (nSPS) is 14.6. The molecule has 0 spiro atoms. The van der Waals surface area contributed by atoms with Gasteiger partial charge in [-0.25, -0.2) is 4.39 Å². The van der Waals surface area contributed by atoms with Crippen LogP contribution >= 0.6 is 0 Å². The Bertz CT molecular complexity index is 363. The smallest absolute Gasteiger partial charge is 0.123 e. The van der Waals surface area contributed by atoms with E-state index in [0.29, 0.717) is 13.0 Å². The predicted octanol–water partition coefficient (Wildman–Crippen LogP) is 2.43. The van der Waals surface area contributed by atoms with Gasteiger partial charge in [-0.2, -0.15) is 0 Å². The van der Waals surface area contributed by atoms with E-state index in [2.05, 4.69) is 12.2 Å². The Hall–Kier alpha value is -0.930. The molecule has 0 bridgehead atoms. The van der Waals surface area contributed by atoms with E-state index in [0.717, 1.165) is 24.1 Å². The van der Waals surface area contributed by atoms with Crippen LogP contribution in [-0.2, 0) is 6.42 Å². The third kappa shape index (κ3) is 4.84. The minimum absolute atomic E-state index is 0.227. The summed E-state index contributed by atoms with van der Waals surface area (Å²) >= 11 is 0. The van der Waals surface area contributed by atoms with Crippen molar-refractivity contribution in [2.45, 2.75) is 39.2 Å². The number of aliphatic hydroxyl groups is 1. The van der Waals surface area contributed by atoms with Gasteiger partial charge >= 0.3 is 0 Å². The summed E-state index contributed by atoms with van der Waals surface area (Å²) < 4.78 is 13.0. The molecule has 96 valence electrons. The molecule has 0 saturated heterocycles. The van der Waals surface area contributed by atoms with E-state index in [9.17, 15) is 9.50 Å². The Morgan fingerprint density at radius 2 is 2.12 bits per heavy atom. The lowest BCUT2D eigenvalue weighted by atomic mass is 9.93. The van der Waals surface area contributed by atoms with E-state index in [1.54, 1.807) is 13.0 Å². The fourth-order valence-electron chi connectivity index (χ4n) is 1.86. The molecule has 0 aliphatic heterocycles. The van der Waals surface area contributed by atoms with E-state index in [-0.39, 0.29) is 5.82 Å². The van der Waals surface area contributed by atoms with E-state index in [1.165, 1.54) is 12.1 Å².